The number of rotatable bonds is 2. The fourth-order valence-corrected chi connectivity index (χ4v) is 2.11. The third-order valence-electron chi connectivity index (χ3n) is 3.11. The molecule has 3 aromatic heterocycles. The monoisotopic (exact) mass is 274 g/mol. The molecular weight excluding hydrogens is 264 g/mol. The fourth-order valence-electron chi connectivity index (χ4n) is 2.11. The fraction of sp³-hybridized carbons (Fsp3) is 0. The van der Waals surface area contributed by atoms with Gasteiger partial charge in [0.05, 0.1) is 0 Å². The quantitative estimate of drug-likeness (QED) is 0.777. The van der Waals surface area contributed by atoms with Gasteiger partial charge in [-0.25, -0.2) is 0 Å². The molecule has 0 aliphatic heterocycles. The molecule has 5 nitrogen and oxygen atoms in total. The Morgan fingerprint density at radius 1 is 1.05 bits per heavy atom. The van der Waals surface area contributed by atoms with Crippen LogP contribution >= 0.6 is 0 Å². The van der Waals surface area contributed by atoms with Gasteiger partial charge < -0.3 is 4.98 Å². The van der Waals surface area contributed by atoms with Gasteiger partial charge in [-0.2, -0.15) is 5.26 Å². The molecule has 0 spiro atoms. The summed E-state index contributed by atoms with van der Waals surface area (Å²) in [6, 6.07) is 10.9. The number of aromatic amines is 1. The van der Waals surface area contributed by atoms with Crippen molar-refractivity contribution in [2.45, 2.75) is 0 Å². The van der Waals surface area contributed by atoms with Gasteiger partial charge in [0.15, 0.2) is 0 Å². The van der Waals surface area contributed by atoms with Gasteiger partial charge in [-0.05, 0) is 24.3 Å². The Morgan fingerprint density at radius 2 is 1.86 bits per heavy atom. The van der Waals surface area contributed by atoms with E-state index in [1.54, 1.807) is 49.1 Å². The maximum absolute atomic E-state index is 12.1. The minimum atomic E-state index is -0.411. The minimum absolute atomic E-state index is 0.0841. The van der Waals surface area contributed by atoms with E-state index in [2.05, 4.69) is 15.0 Å². The molecule has 0 aliphatic carbocycles. The van der Waals surface area contributed by atoms with E-state index in [4.69, 9.17) is 0 Å². The van der Waals surface area contributed by atoms with E-state index in [0.717, 1.165) is 11.1 Å². The first-order valence-corrected chi connectivity index (χ1v) is 6.28. The van der Waals surface area contributed by atoms with Crippen LogP contribution in [0.2, 0.25) is 0 Å². The number of aromatic nitrogens is 3. The lowest BCUT2D eigenvalue weighted by molar-refractivity contribution is 1.21. The summed E-state index contributed by atoms with van der Waals surface area (Å²) in [5.41, 5.74) is 2.44. The van der Waals surface area contributed by atoms with E-state index in [-0.39, 0.29) is 5.56 Å². The molecule has 3 heterocycles. The smallest absolute Gasteiger partial charge is 0.266 e. The molecule has 0 aliphatic rings. The third kappa shape index (κ3) is 2.42. The van der Waals surface area contributed by atoms with Crippen molar-refractivity contribution in [2.24, 2.45) is 0 Å². The number of nitriles is 1. The molecule has 0 saturated heterocycles. The van der Waals surface area contributed by atoms with Crippen molar-refractivity contribution in [1.82, 2.24) is 15.0 Å². The molecule has 0 amide bonds. The van der Waals surface area contributed by atoms with Crippen molar-refractivity contribution in [3.8, 4) is 28.5 Å². The van der Waals surface area contributed by atoms with E-state index in [0.29, 0.717) is 11.3 Å². The van der Waals surface area contributed by atoms with Crippen molar-refractivity contribution < 1.29 is 0 Å². The first-order chi connectivity index (χ1) is 10.3. The van der Waals surface area contributed by atoms with Gasteiger partial charge in [0.2, 0.25) is 0 Å². The number of pyridine rings is 3. The van der Waals surface area contributed by atoms with Crippen LogP contribution in [0.5, 0.6) is 0 Å². The van der Waals surface area contributed by atoms with Crippen LogP contribution in [0.15, 0.2) is 59.9 Å². The van der Waals surface area contributed by atoms with Gasteiger partial charge in [-0.3, -0.25) is 14.8 Å². The van der Waals surface area contributed by atoms with Crippen LogP contribution in [0.3, 0.4) is 0 Å². The first-order valence-electron chi connectivity index (χ1n) is 6.28. The minimum Gasteiger partial charge on any atom is -0.321 e. The molecule has 3 rings (SSSR count). The molecule has 100 valence electrons. The summed E-state index contributed by atoms with van der Waals surface area (Å²) in [6.07, 6.45) is 6.57. The van der Waals surface area contributed by atoms with Crippen molar-refractivity contribution in [3.63, 3.8) is 0 Å². The largest absolute Gasteiger partial charge is 0.321 e. The Hall–Kier alpha value is -3.26. The molecule has 0 fully saturated rings. The van der Waals surface area contributed by atoms with Crippen molar-refractivity contribution in [3.05, 3.63) is 71.0 Å². The topological polar surface area (TPSA) is 82.4 Å². The molecule has 3 aromatic rings. The van der Waals surface area contributed by atoms with Crippen LogP contribution in [0.1, 0.15) is 5.56 Å². The standard InChI is InChI=1S/C16H10N4O/c17-9-14-13(12-2-1-5-19-10-12)8-15(20-16(14)21)11-3-6-18-7-4-11/h1-8,10H,(H,20,21). The Morgan fingerprint density at radius 3 is 2.52 bits per heavy atom. The predicted molar refractivity (Wildman–Crippen MR) is 78.2 cm³/mol. The molecule has 0 radical (unpaired) electrons. The average molecular weight is 274 g/mol. The zero-order chi connectivity index (χ0) is 14.7. The van der Waals surface area contributed by atoms with Gasteiger partial charge in [0.25, 0.3) is 5.56 Å². The van der Waals surface area contributed by atoms with Crippen LogP contribution in [-0.2, 0) is 0 Å². The summed E-state index contributed by atoms with van der Waals surface area (Å²) in [4.78, 5) is 22.8. The normalized spacial score (nSPS) is 10.0. The number of nitrogens with one attached hydrogen (secondary N) is 1. The SMILES string of the molecule is N#Cc1c(-c2cccnc2)cc(-c2ccncc2)[nH]c1=O. The zero-order valence-electron chi connectivity index (χ0n) is 10.9. The third-order valence-corrected chi connectivity index (χ3v) is 3.11. The second kappa shape index (κ2) is 5.39. The number of H-pyrrole nitrogens is 1. The highest BCUT2D eigenvalue weighted by molar-refractivity contribution is 5.74. The summed E-state index contributed by atoms with van der Waals surface area (Å²) < 4.78 is 0. The van der Waals surface area contributed by atoms with Gasteiger partial charge in [-0.1, -0.05) is 6.07 Å². The second-order valence-electron chi connectivity index (χ2n) is 4.39. The summed E-state index contributed by atoms with van der Waals surface area (Å²) in [5.74, 6) is 0. The van der Waals surface area contributed by atoms with Gasteiger partial charge in [0.1, 0.15) is 11.6 Å². The molecule has 21 heavy (non-hydrogen) atoms. The summed E-state index contributed by atoms with van der Waals surface area (Å²) in [6.45, 7) is 0. The lowest BCUT2D eigenvalue weighted by Crippen LogP contribution is -2.12. The maximum Gasteiger partial charge on any atom is 0.266 e. The van der Waals surface area contributed by atoms with E-state index in [1.165, 1.54) is 0 Å². The Labute approximate surface area is 120 Å². The zero-order valence-corrected chi connectivity index (χ0v) is 10.9. The van der Waals surface area contributed by atoms with Crippen LogP contribution in [0, 0.1) is 11.3 Å². The molecule has 1 N–H and O–H groups in total. The van der Waals surface area contributed by atoms with Crippen molar-refractivity contribution in [2.75, 3.05) is 0 Å². The van der Waals surface area contributed by atoms with Gasteiger partial charge >= 0.3 is 0 Å². The van der Waals surface area contributed by atoms with Crippen molar-refractivity contribution >= 4 is 0 Å². The average Bonchev–Trinajstić information content (AvgIpc) is 2.55. The molecular formula is C16H10N4O. The highest BCUT2D eigenvalue weighted by atomic mass is 16.1. The second-order valence-corrected chi connectivity index (χ2v) is 4.39. The van der Waals surface area contributed by atoms with E-state index in [1.807, 2.05) is 12.1 Å². The van der Waals surface area contributed by atoms with Crippen molar-refractivity contribution in [1.29, 1.82) is 5.26 Å². The molecule has 0 unspecified atom stereocenters. The molecule has 5 heteroatoms. The number of hydrogen-bond acceptors (Lipinski definition) is 4. The Balaban J connectivity index is 2.27. The summed E-state index contributed by atoms with van der Waals surface area (Å²) >= 11 is 0. The highest BCUT2D eigenvalue weighted by Crippen LogP contribution is 2.24. The number of nitrogens with zero attached hydrogens (tertiary/aromatic N) is 3. The Kier molecular flexibility index (Phi) is 3.27. The Bertz CT molecular complexity index is 864. The molecule has 0 saturated carbocycles. The van der Waals surface area contributed by atoms with Crippen LogP contribution in [0.4, 0.5) is 0 Å². The summed E-state index contributed by atoms with van der Waals surface area (Å²) in [5, 5.41) is 9.22. The van der Waals surface area contributed by atoms with Crippen LogP contribution in [-0.4, -0.2) is 15.0 Å². The van der Waals surface area contributed by atoms with E-state index < -0.39 is 5.56 Å². The lowest BCUT2D eigenvalue weighted by atomic mass is 10.0. The van der Waals surface area contributed by atoms with Gasteiger partial charge in [0, 0.05) is 47.2 Å². The van der Waals surface area contributed by atoms with E-state index in [9.17, 15) is 10.1 Å². The number of hydrogen-bond donors (Lipinski definition) is 1. The van der Waals surface area contributed by atoms with E-state index >= 15 is 0 Å². The van der Waals surface area contributed by atoms with Crippen LogP contribution in [0.25, 0.3) is 22.4 Å². The van der Waals surface area contributed by atoms with Crippen LogP contribution < -0.4 is 5.56 Å². The van der Waals surface area contributed by atoms with Gasteiger partial charge in [-0.15, -0.1) is 0 Å². The summed E-state index contributed by atoms with van der Waals surface area (Å²) in [7, 11) is 0. The first kappa shape index (κ1) is 12.8. The lowest BCUT2D eigenvalue weighted by Gasteiger charge is -2.07. The highest BCUT2D eigenvalue weighted by Gasteiger charge is 2.12. The maximum atomic E-state index is 12.1. The molecule has 0 bridgehead atoms. The molecule has 0 aromatic carbocycles. The predicted octanol–water partition coefficient (Wildman–Crippen LogP) is 2.37. The molecule has 0 atom stereocenters.